The Kier molecular flexibility index (Phi) is 3.22. The van der Waals surface area contributed by atoms with Gasteiger partial charge in [0.2, 0.25) is 11.8 Å². The zero-order chi connectivity index (χ0) is 10.6. The second-order valence-electron chi connectivity index (χ2n) is 2.48. The molecule has 6 heteroatoms. The summed E-state index contributed by atoms with van der Waals surface area (Å²) in [5.74, 6) is -0.508. The molecule has 1 aromatic heterocycles. The first kappa shape index (κ1) is 10.2. The van der Waals surface area contributed by atoms with Crippen molar-refractivity contribution < 1.29 is 19.1 Å². The molecule has 0 unspecified atom stereocenters. The summed E-state index contributed by atoms with van der Waals surface area (Å²) < 4.78 is 10.4. The monoisotopic (exact) mass is 198 g/mol. The number of carbonyl (C=O) groups excluding carboxylic acids is 2. The summed E-state index contributed by atoms with van der Waals surface area (Å²) in [7, 11) is 1.26. The average molecular weight is 198 g/mol. The largest absolute Gasteiger partial charge is 0.466 e. The van der Waals surface area contributed by atoms with Crippen LogP contribution in [0.5, 0.6) is 5.88 Å². The van der Waals surface area contributed by atoms with Crippen molar-refractivity contribution in [1.29, 1.82) is 0 Å². The maximum Gasteiger partial charge on any atom is 0.343 e. The van der Waals surface area contributed by atoms with Gasteiger partial charge in [0, 0.05) is 19.2 Å². The number of methoxy groups -OCH3 is 1. The van der Waals surface area contributed by atoms with Crippen molar-refractivity contribution in [3.05, 3.63) is 12.3 Å². The van der Waals surface area contributed by atoms with Gasteiger partial charge >= 0.3 is 5.97 Å². The van der Waals surface area contributed by atoms with Crippen LogP contribution in [0.1, 0.15) is 11.7 Å². The van der Waals surface area contributed by atoms with E-state index < -0.39 is 5.97 Å². The van der Waals surface area contributed by atoms with Crippen LogP contribution >= 0.6 is 0 Å². The van der Waals surface area contributed by atoms with Crippen LogP contribution in [0, 0.1) is 0 Å². The molecule has 0 spiro atoms. The number of esters is 1. The van der Waals surface area contributed by atoms with Crippen molar-refractivity contribution in [1.82, 2.24) is 9.78 Å². The minimum absolute atomic E-state index is 0.214. The highest BCUT2D eigenvalue weighted by molar-refractivity contribution is 5.75. The zero-order valence-electron chi connectivity index (χ0n) is 7.89. The van der Waals surface area contributed by atoms with E-state index in [2.05, 4.69) is 9.84 Å². The molecule has 1 rings (SSSR count). The minimum atomic E-state index is -0.498. The molecule has 0 atom stereocenters. The summed E-state index contributed by atoms with van der Waals surface area (Å²) in [4.78, 5) is 21.5. The van der Waals surface area contributed by atoms with Gasteiger partial charge in [0.25, 0.3) is 0 Å². The first-order valence-corrected chi connectivity index (χ1v) is 3.89. The van der Waals surface area contributed by atoms with E-state index in [0.717, 1.165) is 4.68 Å². The SMILES string of the molecule is COC(=O)COc1ccn(C(C)=O)n1. The van der Waals surface area contributed by atoms with E-state index in [1.54, 1.807) is 0 Å². The maximum atomic E-state index is 10.8. The molecule has 0 bridgehead atoms. The first-order chi connectivity index (χ1) is 6.63. The van der Waals surface area contributed by atoms with Crippen molar-refractivity contribution in [3.63, 3.8) is 0 Å². The maximum absolute atomic E-state index is 10.8. The molecule has 0 aromatic carbocycles. The standard InChI is InChI=1S/C8H10N2O4/c1-6(11)10-4-3-7(9-10)14-5-8(12)13-2/h3-4H,5H2,1-2H3. The third kappa shape index (κ3) is 2.58. The van der Waals surface area contributed by atoms with Crippen LogP contribution in [0.3, 0.4) is 0 Å². The average Bonchev–Trinajstić information content (AvgIpc) is 2.62. The molecule has 1 aromatic rings. The predicted molar refractivity (Wildman–Crippen MR) is 46.0 cm³/mol. The van der Waals surface area contributed by atoms with E-state index >= 15 is 0 Å². The van der Waals surface area contributed by atoms with E-state index in [-0.39, 0.29) is 18.4 Å². The Morgan fingerprint density at radius 1 is 1.57 bits per heavy atom. The van der Waals surface area contributed by atoms with E-state index in [4.69, 9.17) is 4.74 Å². The fraction of sp³-hybridized carbons (Fsp3) is 0.375. The highest BCUT2D eigenvalue weighted by Gasteiger charge is 2.05. The fourth-order valence-electron chi connectivity index (χ4n) is 0.751. The molecule has 0 aliphatic rings. The summed E-state index contributed by atoms with van der Waals surface area (Å²) >= 11 is 0. The molecule has 0 N–H and O–H groups in total. The van der Waals surface area contributed by atoms with Crippen molar-refractivity contribution in [2.45, 2.75) is 6.92 Å². The van der Waals surface area contributed by atoms with Crippen LogP contribution in [-0.4, -0.2) is 35.4 Å². The van der Waals surface area contributed by atoms with Crippen molar-refractivity contribution in [2.24, 2.45) is 0 Å². The Hall–Kier alpha value is -1.85. The number of hydrogen-bond acceptors (Lipinski definition) is 5. The van der Waals surface area contributed by atoms with Gasteiger partial charge < -0.3 is 9.47 Å². The Balaban J connectivity index is 2.52. The minimum Gasteiger partial charge on any atom is -0.466 e. The van der Waals surface area contributed by atoms with Gasteiger partial charge in [-0.05, 0) is 0 Å². The lowest BCUT2D eigenvalue weighted by molar-refractivity contribution is -0.143. The van der Waals surface area contributed by atoms with Gasteiger partial charge in [-0.25, -0.2) is 9.48 Å². The van der Waals surface area contributed by atoms with Crippen LogP contribution in [0.2, 0.25) is 0 Å². The molecule has 0 saturated carbocycles. The van der Waals surface area contributed by atoms with Crippen molar-refractivity contribution >= 4 is 11.9 Å². The summed E-state index contributed by atoms with van der Waals surface area (Å²) in [6.45, 7) is 1.16. The number of hydrogen-bond donors (Lipinski definition) is 0. The van der Waals surface area contributed by atoms with Gasteiger partial charge in [-0.2, -0.15) is 0 Å². The number of rotatable bonds is 3. The highest BCUT2D eigenvalue weighted by Crippen LogP contribution is 2.04. The molecule has 1 heterocycles. The van der Waals surface area contributed by atoms with Crippen LogP contribution in [0.15, 0.2) is 12.3 Å². The van der Waals surface area contributed by atoms with E-state index in [1.165, 1.54) is 26.3 Å². The topological polar surface area (TPSA) is 70.4 Å². The Morgan fingerprint density at radius 3 is 2.79 bits per heavy atom. The van der Waals surface area contributed by atoms with Gasteiger partial charge in [0.05, 0.1) is 7.11 Å². The van der Waals surface area contributed by atoms with Crippen LogP contribution in [0.25, 0.3) is 0 Å². The molecule has 0 saturated heterocycles. The second kappa shape index (κ2) is 4.40. The first-order valence-electron chi connectivity index (χ1n) is 3.89. The molecule has 0 fully saturated rings. The van der Waals surface area contributed by atoms with Gasteiger partial charge in [-0.3, -0.25) is 4.79 Å². The fourth-order valence-corrected chi connectivity index (χ4v) is 0.751. The molecule has 0 aliphatic heterocycles. The zero-order valence-corrected chi connectivity index (χ0v) is 7.89. The molecular formula is C8H10N2O4. The quantitative estimate of drug-likeness (QED) is 0.644. The van der Waals surface area contributed by atoms with Gasteiger partial charge in [0.1, 0.15) is 0 Å². The van der Waals surface area contributed by atoms with Crippen LogP contribution in [0.4, 0.5) is 0 Å². The molecule has 0 aliphatic carbocycles. The summed E-state index contributed by atoms with van der Waals surface area (Å²) in [5, 5.41) is 3.75. The summed E-state index contributed by atoms with van der Waals surface area (Å²) in [5.41, 5.74) is 0. The number of ether oxygens (including phenoxy) is 2. The Labute approximate surface area is 80.4 Å². The van der Waals surface area contributed by atoms with Gasteiger partial charge in [-0.1, -0.05) is 0 Å². The lowest BCUT2D eigenvalue weighted by Gasteiger charge is -1.99. The second-order valence-corrected chi connectivity index (χ2v) is 2.48. The normalized spacial score (nSPS) is 9.57. The van der Waals surface area contributed by atoms with E-state index in [0.29, 0.717) is 0 Å². The number of aromatic nitrogens is 2. The lowest BCUT2D eigenvalue weighted by atomic mass is 10.6. The van der Waals surface area contributed by atoms with E-state index in [9.17, 15) is 9.59 Å². The molecule has 76 valence electrons. The predicted octanol–water partition coefficient (Wildman–Crippen LogP) is 0.0950. The molecule has 6 nitrogen and oxygen atoms in total. The van der Waals surface area contributed by atoms with Crippen molar-refractivity contribution in [2.75, 3.05) is 13.7 Å². The van der Waals surface area contributed by atoms with E-state index in [1.807, 2.05) is 0 Å². The summed E-state index contributed by atoms with van der Waals surface area (Å²) in [6.07, 6.45) is 1.45. The number of nitrogens with zero attached hydrogens (tertiary/aromatic N) is 2. The molecular weight excluding hydrogens is 188 g/mol. The van der Waals surface area contributed by atoms with Gasteiger partial charge in [-0.15, -0.1) is 5.10 Å². The smallest absolute Gasteiger partial charge is 0.343 e. The lowest BCUT2D eigenvalue weighted by Crippen LogP contribution is -2.13. The number of carbonyl (C=O) groups is 2. The summed E-state index contributed by atoms with van der Waals surface area (Å²) in [6, 6.07) is 1.49. The third-order valence-electron chi connectivity index (χ3n) is 1.45. The Bertz CT molecular complexity index is 345. The van der Waals surface area contributed by atoms with Crippen molar-refractivity contribution in [3.8, 4) is 5.88 Å². The molecule has 14 heavy (non-hydrogen) atoms. The highest BCUT2D eigenvalue weighted by atomic mass is 16.6. The van der Waals surface area contributed by atoms with Crippen LogP contribution in [-0.2, 0) is 9.53 Å². The third-order valence-corrected chi connectivity index (χ3v) is 1.45. The molecule has 0 amide bonds. The van der Waals surface area contributed by atoms with Crippen LogP contribution < -0.4 is 4.74 Å². The Morgan fingerprint density at radius 2 is 2.29 bits per heavy atom. The van der Waals surface area contributed by atoms with Gasteiger partial charge in [0.15, 0.2) is 6.61 Å². The molecule has 0 radical (unpaired) electrons.